The fraction of sp³-hybridized carbons (Fsp3) is 0.625. The van der Waals surface area contributed by atoms with Crippen molar-refractivity contribution in [2.75, 3.05) is 13.1 Å². The fourth-order valence-electron chi connectivity index (χ4n) is 3.61. The number of nitrogens with zero attached hydrogens (tertiary/aromatic N) is 1. The maximum Gasteiger partial charge on any atom is 0.243 e. The first kappa shape index (κ1) is 15.0. The third-order valence-electron chi connectivity index (χ3n) is 4.76. The van der Waals surface area contributed by atoms with Gasteiger partial charge in [-0.15, -0.1) is 0 Å². The number of sulfonamides is 1. The van der Waals surface area contributed by atoms with E-state index in [9.17, 15) is 8.42 Å². The first-order chi connectivity index (χ1) is 10.00. The topological polar surface area (TPSA) is 49.4 Å². The summed E-state index contributed by atoms with van der Waals surface area (Å²) >= 11 is 0. The Balaban J connectivity index is 1.99. The molecule has 3 rings (SSSR count). The minimum Gasteiger partial charge on any atom is -0.312 e. The molecule has 2 heterocycles. The summed E-state index contributed by atoms with van der Waals surface area (Å²) in [4.78, 5) is 0.530. The molecule has 0 aromatic heterocycles. The molecular weight excluding hydrogens is 284 g/mol. The quantitative estimate of drug-likeness (QED) is 0.910. The molecule has 1 saturated heterocycles. The van der Waals surface area contributed by atoms with Crippen molar-refractivity contribution in [3.63, 3.8) is 0 Å². The van der Waals surface area contributed by atoms with E-state index in [0.29, 0.717) is 17.4 Å². The molecule has 1 N–H and O–H groups in total. The van der Waals surface area contributed by atoms with Gasteiger partial charge in [-0.25, -0.2) is 8.42 Å². The summed E-state index contributed by atoms with van der Waals surface area (Å²) in [5.74, 6) is 0.611. The average Bonchev–Trinajstić information content (AvgIpc) is 2.46. The van der Waals surface area contributed by atoms with Crippen LogP contribution in [0.2, 0.25) is 0 Å². The molecule has 0 bridgehead atoms. The molecule has 0 spiro atoms. The molecule has 2 aliphatic heterocycles. The number of piperidine rings is 1. The number of nitrogens with one attached hydrogen (secondary N) is 1. The van der Waals surface area contributed by atoms with Gasteiger partial charge in [-0.1, -0.05) is 19.1 Å². The molecule has 0 amide bonds. The molecule has 0 aliphatic carbocycles. The van der Waals surface area contributed by atoms with Crippen molar-refractivity contribution < 1.29 is 8.42 Å². The molecule has 2 aliphatic rings. The molecule has 2 unspecified atom stereocenters. The number of rotatable bonds is 2. The van der Waals surface area contributed by atoms with Crippen LogP contribution >= 0.6 is 0 Å². The first-order valence-corrected chi connectivity index (χ1v) is 9.27. The van der Waals surface area contributed by atoms with Crippen LogP contribution in [0.5, 0.6) is 0 Å². The number of benzene rings is 1. The highest BCUT2D eigenvalue weighted by Gasteiger charge is 2.35. The molecule has 1 fully saturated rings. The van der Waals surface area contributed by atoms with Gasteiger partial charge >= 0.3 is 0 Å². The lowest BCUT2D eigenvalue weighted by Gasteiger charge is -2.36. The van der Waals surface area contributed by atoms with Crippen molar-refractivity contribution in [3.8, 4) is 0 Å². The molecule has 0 saturated carbocycles. The average molecular weight is 308 g/mol. The lowest BCUT2D eigenvalue weighted by atomic mass is 9.95. The van der Waals surface area contributed by atoms with E-state index in [-0.39, 0.29) is 6.04 Å². The zero-order chi connectivity index (χ0) is 15.0. The Morgan fingerprint density at radius 1 is 1.29 bits per heavy atom. The minimum absolute atomic E-state index is 0.0938. The standard InChI is InChI=1S/C16H24N2O2S/c1-12-7-9-18(13(2)10-12)21(19,20)16-5-3-4-14-11-17-8-6-15(14)16/h3-5,12-13,17H,6-11H2,1-2H3. The highest BCUT2D eigenvalue weighted by atomic mass is 32.2. The van der Waals surface area contributed by atoms with Crippen LogP contribution in [-0.2, 0) is 23.0 Å². The van der Waals surface area contributed by atoms with Gasteiger partial charge in [-0.2, -0.15) is 4.31 Å². The maximum absolute atomic E-state index is 13.1. The van der Waals surface area contributed by atoms with Crippen LogP contribution < -0.4 is 5.32 Å². The Bertz CT molecular complexity index is 627. The van der Waals surface area contributed by atoms with E-state index < -0.39 is 10.0 Å². The Kier molecular flexibility index (Phi) is 4.08. The Labute approximate surface area is 127 Å². The Morgan fingerprint density at radius 3 is 2.86 bits per heavy atom. The summed E-state index contributed by atoms with van der Waals surface area (Å²) in [7, 11) is -3.37. The number of hydrogen-bond acceptors (Lipinski definition) is 3. The zero-order valence-electron chi connectivity index (χ0n) is 12.8. The summed E-state index contributed by atoms with van der Waals surface area (Å²) in [5.41, 5.74) is 2.14. The van der Waals surface area contributed by atoms with Gasteiger partial charge in [0.1, 0.15) is 0 Å². The van der Waals surface area contributed by atoms with Gasteiger partial charge in [-0.3, -0.25) is 0 Å². The molecule has 1 aromatic rings. The van der Waals surface area contributed by atoms with Crippen LogP contribution in [0.25, 0.3) is 0 Å². The van der Waals surface area contributed by atoms with Crippen molar-refractivity contribution in [1.82, 2.24) is 9.62 Å². The van der Waals surface area contributed by atoms with Gasteiger partial charge < -0.3 is 5.32 Å². The van der Waals surface area contributed by atoms with E-state index in [2.05, 4.69) is 12.2 Å². The van der Waals surface area contributed by atoms with Crippen molar-refractivity contribution >= 4 is 10.0 Å². The summed E-state index contributed by atoms with van der Waals surface area (Å²) < 4.78 is 27.9. The molecule has 0 radical (unpaired) electrons. The monoisotopic (exact) mass is 308 g/mol. The van der Waals surface area contributed by atoms with E-state index in [1.54, 1.807) is 10.4 Å². The largest absolute Gasteiger partial charge is 0.312 e. The third-order valence-corrected chi connectivity index (χ3v) is 6.86. The smallest absolute Gasteiger partial charge is 0.243 e. The van der Waals surface area contributed by atoms with E-state index in [1.165, 1.54) is 0 Å². The third kappa shape index (κ3) is 2.74. The van der Waals surface area contributed by atoms with Crippen LogP contribution in [0.1, 0.15) is 37.8 Å². The van der Waals surface area contributed by atoms with Crippen LogP contribution in [-0.4, -0.2) is 31.9 Å². The second-order valence-corrected chi connectivity index (χ2v) is 8.27. The van der Waals surface area contributed by atoms with Gasteiger partial charge in [-0.05, 0) is 55.8 Å². The second kappa shape index (κ2) is 5.71. The lowest BCUT2D eigenvalue weighted by Crippen LogP contribution is -2.44. The molecule has 4 nitrogen and oxygen atoms in total. The normalized spacial score (nSPS) is 27.3. The van der Waals surface area contributed by atoms with Crippen LogP contribution in [0.3, 0.4) is 0 Å². The molecule has 116 valence electrons. The highest BCUT2D eigenvalue weighted by molar-refractivity contribution is 7.89. The van der Waals surface area contributed by atoms with E-state index in [0.717, 1.165) is 43.5 Å². The minimum atomic E-state index is -3.37. The van der Waals surface area contributed by atoms with Gasteiger partial charge in [0, 0.05) is 19.1 Å². The number of fused-ring (bicyclic) bond motifs is 1. The highest BCUT2D eigenvalue weighted by Crippen LogP contribution is 2.31. The fourth-order valence-corrected chi connectivity index (χ4v) is 5.56. The van der Waals surface area contributed by atoms with Crippen molar-refractivity contribution in [3.05, 3.63) is 29.3 Å². The van der Waals surface area contributed by atoms with Crippen molar-refractivity contribution in [1.29, 1.82) is 0 Å². The van der Waals surface area contributed by atoms with Crippen LogP contribution in [0, 0.1) is 5.92 Å². The molecule has 5 heteroatoms. The predicted molar refractivity (Wildman–Crippen MR) is 83.6 cm³/mol. The predicted octanol–water partition coefficient (Wildman–Crippen LogP) is 2.14. The Morgan fingerprint density at radius 2 is 2.10 bits per heavy atom. The molecule has 2 atom stereocenters. The number of hydrogen-bond donors (Lipinski definition) is 1. The summed E-state index contributed by atoms with van der Waals surface area (Å²) in [6.45, 7) is 6.50. The van der Waals surface area contributed by atoms with E-state index >= 15 is 0 Å². The van der Waals surface area contributed by atoms with Gasteiger partial charge in [0.2, 0.25) is 10.0 Å². The second-order valence-electron chi connectivity index (χ2n) is 6.41. The van der Waals surface area contributed by atoms with Crippen molar-refractivity contribution in [2.45, 2.75) is 50.6 Å². The SMILES string of the molecule is CC1CCN(S(=O)(=O)c2cccc3c2CCNC3)C(C)C1. The summed E-state index contributed by atoms with van der Waals surface area (Å²) in [6.07, 6.45) is 2.71. The maximum atomic E-state index is 13.1. The molecule has 21 heavy (non-hydrogen) atoms. The summed E-state index contributed by atoms with van der Waals surface area (Å²) in [6, 6.07) is 5.78. The van der Waals surface area contributed by atoms with E-state index in [4.69, 9.17) is 0 Å². The van der Waals surface area contributed by atoms with Crippen LogP contribution in [0.4, 0.5) is 0 Å². The van der Waals surface area contributed by atoms with E-state index in [1.807, 2.05) is 19.1 Å². The van der Waals surface area contributed by atoms with Crippen LogP contribution in [0.15, 0.2) is 23.1 Å². The Hall–Kier alpha value is -0.910. The first-order valence-electron chi connectivity index (χ1n) is 7.83. The lowest BCUT2D eigenvalue weighted by molar-refractivity contribution is 0.220. The van der Waals surface area contributed by atoms with Crippen molar-refractivity contribution in [2.24, 2.45) is 5.92 Å². The molecular formula is C16H24N2O2S. The van der Waals surface area contributed by atoms with Gasteiger partial charge in [0.15, 0.2) is 0 Å². The summed E-state index contributed by atoms with van der Waals surface area (Å²) in [5, 5.41) is 3.31. The van der Waals surface area contributed by atoms with Gasteiger partial charge in [0.05, 0.1) is 4.90 Å². The molecule has 1 aromatic carbocycles. The van der Waals surface area contributed by atoms with Gasteiger partial charge in [0.25, 0.3) is 0 Å². The zero-order valence-corrected chi connectivity index (χ0v) is 13.6.